The van der Waals surface area contributed by atoms with Gasteiger partial charge in [0.2, 0.25) is 5.91 Å². The molecule has 0 unspecified atom stereocenters. The number of aryl methyl sites for hydroxylation is 1. The van der Waals surface area contributed by atoms with Crippen molar-refractivity contribution in [1.29, 1.82) is 0 Å². The summed E-state index contributed by atoms with van der Waals surface area (Å²) in [7, 11) is 0. The lowest BCUT2D eigenvalue weighted by molar-refractivity contribution is -0.135. The Morgan fingerprint density at radius 2 is 1.53 bits per heavy atom. The van der Waals surface area contributed by atoms with Gasteiger partial charge in [0.1, 0.15) is 11.5 Å². The summed E-state index contributed by atoms with van der Waals surface area (Å²) in [5, 5.41) is 0. The Kier molecular flexibility index (Phi) is 7.71. The maximum absolute atomic E-state index is 12.6. The zero-order chi connectivity index (χ0) is 21.3. The molecule has 1 heterocycles. The van der Waals surface area contributed by atoms with Crippen LogP contribution in [-0.4, -0.2) is 61.0 Å². The molecule has 0 N–H and O–H groups in total. The van der Waals surface area contributed by atoms with E-state index in [1.165, 1.54) is 0 Å². The van der Waals surface area contributed by atoms with E-state index in [2.05, 4.69) is 0 Å². The third-order valence-corrected chi connectivity index (χ3v) is 5.44. The number of hydrogen-bond donors (Lipinski definition) is 0. The number of amides is 2. The van der Waals surface area contributed by atoms with Gasteiger partial charge in [0, 0.05) is 26.2 Å². The summed E-state index contributed by atoms with van der Waals surface area (Å²) in [6, 6.07) is 15.3. The second-order valence-electron chi connectivity index (χ2n) is 7.51. The summed E-state index contributed by atoms with van der Waals surface area (Å²) < 4.78 is 11.4. The van der Waals surface area contributed by atoms with Gasteiger partial charge >= 0.3 is 0 Å². The molecule has 2 aromatic carbocycles. The summed E-state index contributed by atoms with van der Waals surface area (Å²) >= 11 is 0. The highest BCUT2D eigenvalue weighted by Crippen LogP contribution is 2.20. The Labute approximate surface area is 178 Å². The first kappa shape index (κ1) is 21.7. The average molecular weight is 411 g/mol. The minimum Gasteiger partial charge on any atom is -0.493 e. The molecule has 0 atom stereocenters. The molecule has 30 heavy (non-hydrogen) atoms. The molecule has 0 aliphatic carbocycles. The van der Waals surface area contributed by atoms with E-state index in [1.54, 1.807) is 4.90 Å². The van der Waals surface area contributed by atoms with Crippen molar-refractivity contribution < 1.29 is 19.1 Å². The van der Waals surface area contributed by atoms with Crippen molar-refractivity contribution in [1.82, 2.24) is 9.80 Å². The van der Waals surface area contributed by atoms with Gasteiger partial charge in [0.25, 0.3) is 5.91 Å². The van der Waals surface area contributed by atoms with E-state index in [9.17, 15) is 9.59 Å². The van der Waals surface area contributed by atoms with Crippen molar-refractivity contribution in [3.63, 3.8) is 0 Å². The van der Waals surface area contributed by atoms with Crippen molar-refractivity contribution in [2.75, 3.05) is 39.4 Å². The predicted octanol–water partition coefficient (Wildman–Crippen LogP) is 3.21. The maximum atomic E-state index is 12.6. The fourth-order valence-electron chi connectivity index (χ4n) is 3.46. The summed E-state index contributed by atoms with van der Waals surface area (Å²) in [4.78, 5) is 28.7. The number of ether oxygens (including phenoxy) is 2. The first-order valence-electron chi connectivity index (χ1n) is 10.5. The normalized spacial score (nSPS) is 14.2. The van der Waals surface area contributed by atoms with Crippen molar-refractivity contribution in [3.05, 3.63) is 59.7 Å². The maximum Gasteiger partial charge on any atom is 0.260 e. The van der Waals surface area contributed by atoms with Crippen LogP contribution in [0.2, 0.25) is 0 Å². The quantitative estimate of drug-likeness (QED) is 0.703. The molecule has 2 amide bonds. The first-order chi connectivity index (χ1) is 14.5. The van der Waals surface area contributed by atoms with Gasteiger partial charge in [-0.1, -0.05) is 30.3 Å². The van der Waals surface area contributed by atoms with Crippen LogP contribution in [0.25, 0.3) is 0 Å². The Hall–Kier alpha value is -3.02. The van der Waals surface area contributed by atoms with Crippen LogP contribution in [0.15, 0.2) is 48.5 Å². The highest BCUT2D eigenvalue weighted by Gasteiger charge is 2.22. The highest BCUT2D eigenvalue weighted by molar-refractivity contribution is 5.79. The molecule has 160 valence electrons. The molecule has 0 saturated carbocycles. The zero-order valence-electron chi connectivity index (χ0n) is 17.8. The SMILES string of the molecule is Cc1cccc(OCC(=O)N2CCCN(C(=O)CCOc3ccccc3)CC2)c1C. The van der Waals surface area contributed by atoms with Gasteiger partial charge in [-0.2, -0.15) is 0 Å². The second kappa shape index (κ2) is 10.7. The van der Waals surface area contributed by atoms with Gasteiger partial charge in [-0.15, -0.1) is 0 Å². The number of para-hydroxylation sites is 1. The highest BCUT2D eigenvalue weighted by atomic mass is 16.5. The van der Waals surface area contributed by atoms with E-state index in [0.29, 0.717) is 39.2 Å². The summed E-state index contributed by atoms with van der Waals surface area (Å²) in [5.74, 6) is 1.53. The molecular formula is C24H30N2O4. The molecule has 1 aliphatic rings. The van der Waals surface area contributed by atoms with Crippen molar-refractivity contribution in [2.45, 2.75) is 26.7 Å². The van der Waals surface area contributed by atoms with Gasteiger partial charge < -0.3 is 19.3 Å². The van der Waals surface area contributed by atoms with Crippen LogP contribution in [0.5, 0.6) is 11.5 Å². The second-order valence-corrected chi connectivity index (χ2v) is 7.51. The van der Waals surface area contributed by atoms with Crippen LogP contribution < -0.4 is 9.47 Å². The molecule has 3 rings (SSSR count). The van der Waals surface area contributed by atoms with Crippen LogP contribution in [0.3, 0.4) is 0 Å². The number of nitrogens with zero attached hydrogens (tertiary/aromatic N) is 2. The van der Waals surface area contributed by atoms with Gasteiger partial charge in [-0.3, -0.25) is 9.59 Å². The molecule has 0 bridgehead atoms. The molecule has 0 radical (unpaired) electrons. The number of benzene rings is 2. The van der Waals surface area contributed by atoms with Gasteiger partial charge in [-0.25, -0.2) is 0 Å². The van der Waals surface area contributed by atoms with Crippen molar-refractivity contribution in [2.24, 2.45) is 0 Å². The van der Waals surface area contributed by atoms with Crippen LogP contribution in [0.4, 0.5) is 0 Å². The lowest BCUT2D eigenvalue weighted by Crippen LogP contribution is -2.39. The Morgan fingerprint density at radius 1 is 0.833 bits per heavy atom. The lowest BCUT2D eigenvalue weighted by Gasteiger charge is -2.22. The van der Waals surface area contributed by atoms with Gasteiger partial charge in [0.05, 0.1) is 13.0 Å². The monoisotopic (exact) mass is 410 g/mol. The van der Waals surface area contributed by atoms with E-state index < -0.39 is 0 Å². The minimum atomic E-state index is -0.0439. The van der Waals surface area contributed by atoms with Gasteiger partial charge in [-0.05, 0) is 49.6 Å². The number of rotatable bonds is 7. The standard InChI is InChI=1S/C24H30N2O4/c1-19-8-6-11-22(20(19)2)30-18-24(28)26-14-7-13-25(15-16-26)23(27)12-17-29-21-9-4-3-5-10-21/h3-6,8-11H,7,12-18H2,1-2H3. The van der Waals surface area contributed by atoms with Crippen LogP contribution in [-0.2, 0) is 9.59 Å². The Bertz CT molecular complexity index is 854. The third-order valence-electron chi connectivity index (χ3n) is 5.44. The Balaban J connectivity index is 1.42. The van der Waals surface area contributed by atoms with Crippen LogP contribution >= 0.6 is 0 Å². The summed E-state index contributed by atoms with van der Waals surface area (Å²) in [6.45, 7) is 6.75. The van der Waals surface area contributed by atoms with E-state index >= 15 is 0 Å². The smallest absolute Gasteiger partial charge is 0.260 e. The van der Waals surface area contributed by atoms with E-state index in [0.717, 1.165) is 29.0 Å². The van der Waals surface area contributed by atoms with Crippen LogP contribution in [0, 0.1) is 13.8 Å². The summed E-state index contributed by atoms with van der Waals surface area (Å²) in [6.07, 6.45) is 1.10. The molecule has 2 aromatic rings. The fraction of sp³-hybridized carbons (Fsp3) is 0.417. The molecule has 6 heteroatoms. The van der Waals surface area contributed by atoms with E-state index in [4.69, 9.17) is 9.47 Å². The molecule has 6 nitrogen and oxygen atoms in total. The van der Waals surface area contributed by atoms with Gasteiger partial charge in [0.15, 0.2) is 6.61 Å². The zero-order valence-corrected chi connectivity index (χ0v) is 17.8. The number of carbonyl (C=O) groups excluding carboxylic acids is 2. The molecule has 0 spiro atoms. The van der Waals surface area contributed by atoms with Crippen LogP contribution in [0.1, 0.15) is 24.0 Å². The number of hydrogen-bond acceptors (Lipinski definition) is 4. The molecule has 1 aliphatic heterocycles. The topological polar surface area (TPSA) is 59.1 Å². The summed E-state index contributed by atoms with van der Waals surface area (Å²) in [5.41, 5.74) is 2.19. The number of carbonyl (C=O) groups is 2. The lowest BCUT2D eigenvalue weighted by atomic mass is 10.1. The third kappa shape index (κ3) is 5.99. The van der Waals surface area contributed by atoms with Crippen molar-refractivity contribution in [3.8, 4) is 11.5 Å². The molecule has 1 fully saturated rings. The Morgan fingerprint density at radius 3 is 2.27 bits per heavy atom. The largest absolute Gasteiger partial charge is 0.493 e. The van der Waals surface area contributed by atoms with E-state index in [1.807, 2.05) is 67.3 Å². The van der Waals surface area contributed by atoms with Crippen molar-refractivity contribution >= 4 is 11.8 Å². The molecular weight excluding hydrogens is 380 g/mol. The fourth-order valence-corrected chi connectivity index (χ4v) is 3.46. The van der Waals surface area contributed by atoms with E-state index in [-0.39, 0.29) is 18.4 Å². The first-order valence-corrected chi connectivity index (χ1v) is 10.5. The predicted molar refractivity (Wildman–Crippen MR) is 116 cm³/mol. The minimum absolute atomic E-state index is 0.0170. The average Bonchev–Trinajstić information content (AvgIpc) is 3.02. The molecule has 0 aromatic heterocycles. The molecule has 1 saturated heterocycles.